The molecule has 1 atom stereocenters. The quantitative estimate of drug-likeness (QED) is 0.296. The van der Waals surface area contributed by atoms with Crippen LogP contribution < -0.4 is 4.90 Å². The minimum atomic E-state index is -0.759. The van der Waals surface area contributed by atoms with Crippen molar-refractivity contribution in [3.63, 3.8) is 0 Å². The maximum Gasteiger partial charge on any atom is 0.301 e. The van der Waals surface area contributed by atoms with Gasteiger partial charge in [-0.05, 0) is 37.3 Å². The van der Waals surface area contributed by atoms with Crippen LogP contribution in [0, 0.1) is 20.8 Å². The second-order valence-corrected chi connectivity index (χ2v) is 10.7. The summed E-state index contributed by atoms with van der Waals surface area (Å²) in [5, 5.41) is 11.7. The number of Topliss-reactive ketones (excluding diaryl/α,β-unsaturated/α-hetero) is 1. The van der Waals surface area contributed by atoms with E-state index < -0.39 is 17.7 Å². The Bertz CT molecular complexity index is 1240. The second kappa shape index (κ2) is 8.27. The largest absolute Gasteiger partial charge is 0.507 e. The summed E-state index contributed by atoms with van der Waals surface area (Å²) >= 11 is 1.37. The van der Waals surface area contributed by atoms with Gasteiger partial charge in [0.1, 0.15) is 5.76 Å². The number of thiazole rings is 1. The summed E-state index contributed by atoms with van der Waals surface area (Å²) in [5.41, 5.74) is 4.29. The molecule has 0 bridgehead atoms. The number of nitrogens with zero attached hydrogens (tertiary/aromatic N) is 2. The number of benzene rings is 2. The van der Waals surface area contributed by atoms with E-state index in [1.165, 1.54) is 16.2 Å². The van der Waals surface area contributed by atoms with Crippen molar-refractivity contribution in [2.24, 2.45) is 0 Å². The zero-order valence-corrected chi connectivity index (χ0v) is 20.6. The zero-order valence-electron chi connectivity index (χ0n) is 19.8. The predicted octanol–water partition coefficient (Wildman–Crippen LogP) is 5.99. The van der Waals surface area contributed by atoms with Gasteiger partial charge in [-0.2, -0.15) is 0 Å². The van der Waals surface area contributed by atoms with E-state index in [9.17, 15) is 14.7 Å². The van der Waals surface area contributed by atoms with Crippen molar-refractivity contribution in [1.29, 1.82) is 0 Å². The number of aryl methyl sites for hydroxylation is 3. The topological polar surface area (TPSA) is 70.5 Å². The molecular weight excluding hydrogens is 432 g/mol. The van der Waals surface area contributed by atoms with Crippen LogP contribution in [-0.2, 0) is 15.0 Å². The van der Waals surface area contributed by atoms with Gasteiger partial charge in [0.15, 0.2) is 5.13 Å². The molecule has 1 amide bonds. The molecule has 1 aromatic heterocycles. The lowest BCUT2D eigenvalue weighted by atomic mass is 9.85. The maximum absolute atomic E-state index is 13.2. The Morgan fingerprint density at radius 1 is 0.970 bits per heavy atom. The average Bonchev–Trinajstić information content (AvgIpc) is 3.23. The first-order valence-corrected chi connectivity index (χ1v) is 11.7. The van der Waals surface area contributed by atoms with E-state index in [0.717, 1.165) is 27.3 Å². The predicted molar refractivity (Wildman–Crippen MR) is 133 cm³/mol. The van der Waals surface area contributed by atoms with Gasteiger partial charge in [-0.25, -0.2) is 4.98 Å². The standard InChI is InChI=1S/C27H28N2O3S/c1-15-7-9-19(10-8-15)23(30)21-22(18-11-13-20(14-12-18)27(4,5)6)29(25(32)24(21)31)26-28-16(2)17(3)33-26/h7-14,22,30H,1-6H3/b23-21+/t22-/m1/s1. The van der Waals surface area contributed by atoms with E-state index in [1.807, 2.05) is 57.2 Å². The summed E-state index contributed by atoms with van der Waals surface area (Å²) in [6, 6.07) is 14.4. The normalized spacial score (nSPS) is 18.2. The number of amides is 1. The second-order valence-electron chi connectivity index (χ2n) is 9.55. The highest BCUT2D eigenvalue weighted by Gasteiger charge is 2.48. The van der Waals surface area contributed by atoms with E-state index in [2.05, 4.69) is 25.8 Å². The van der Waals surface area contributed by atoms with Gasteiger partial charge < -0.3 is 5.11 Å². The van der Waals surface area contributed by atoms with Crippen molar-refractivity contribution in [2.45, 2.75) is 53.0 Å². The number of ketones is 1. The number of aliphatic hydroxyl groups is 1. The van der Waals surface area contributed by atoms with Crippen LogP contribution in [0.5, 0.6) is 0 Å². The van der Waals surface area contributed by atoms with Gasteiger partial charge >= 0.3 is 5.91 Å². The molecule has 0 unspecified atom stereocenters. The molecule has 170 valence electrons. The lowest BCUT2D eigenvalue weighted by molar-refractivity contribution is -0.132. The van der Waals surface area contributed by atoms with Gasteiger partial charge in [-0.1, -0.05) is 74.9 Å². The fourth-order valence-corrected chi connectivity index (χ4v) is 4.87. The van der Waals surface area contributed by atoms with Crippen LogP contribution in [-0.4, -0.2) is 21.8 Å². The number of hydrogen-bond acceptors (Lipinski definition) is 5. The molecule has 0 saturated carbocycles. The lowest BCUT2D eigenvalue weighted by Gasteiger charge is -2.24. The molecule has 1 saturated heterocycles. The van der Waals surface area contributed by atoms with E-state index in [4.69, 9.17) is 0 Å². The number of anilines is 1. The lowest BCUT2D eigenvalue weighted by Crippen LogP contribution is -2.29. The van der Waals surface area contributed by atoms with Crippen molar-refractivity contribution in [2.75, 3.05) is 4.90 Å². The molecule has 4 rings (SSSR count). The minimum Gasteiger partial charge on any atom is -0.507 e. The zero-order chi connectivity index (χ0) is 24.1. The Balaban J connectivity index is 1.92. The molecule has 33 heavy (non-hydrogen) atoms. The van der Waals surface area contributed by atoms with Crippen molar-refractivity contribution in [1.82, 2.24) is 4.98 Å². The first-order valence-electron chi connectivity index (χ1n) is 10.9. The highest BCUT2D eigenvalue weighted by Crippen LogP contribution is 2.44. The molecule has 0 radical (unpaired) electrons. The molecule has 3 aromatic rings. The molecule has 0 spiro atoms. The summed E-state index contributed by atoms with van der Waals surface area (Å²) in [7, 11) is 0. The van der Waals surface area contributed by atoms with Gasteiger partial charge in [-0.15, -0.1) is 11.3 Å². The maximum atomic E-state index is 13.2. The average molecular weight is 461 g/mol. The SMILES string of the molecule is Cc1ccc(/C(O)=C2\C(=O)C(=O)N(c3nc(C)c(C)s3)[C@@H]2c2ccc(C(C)(C)C)cc2)cc1. The Labute approximate surface area is 198 Å². The third kappa shape index (κ3) is 4.11. The third-order valence-corrected chi connectivity index (χ3v) is 7.16. The van der Waals surface area contributed by atoms with Crippen molar-refractivity contribution >= 4 is 33.9 Å². The Morgan fingerprint density at radius 3 is 2.09 bits per heavy atom. The summed E-state index contributed by atoms with van der Waals surface area (Å²) in [6.07, 6.45) is 0. The van der Waals surface area contributed by atoms with Gasteiger partial charge in [-0.3, -0.25) is 14.5 Å². The van der Waals surface area contributed by atoms with Crippen LogP contribution in [0.3, 0.4) is 0 Å². The number of carbonyl (C=O) groups excluding carboxylic acids is 2. The summed E-state index contributed by atoms with van der Waals surface area (Å²) < 4.78 is 0. The summed E-state index contributed by atoms with van der Waals surface area (Å²) in [5.74, 6) is -1.56. The minimum absolute atomic E-state index is 0.0359. The van der Waals surface area contributed by atoms with E-state index in [0.29, 0.717) is 10.7 Å². The van der Waals surface area contributed by atoms with Crippen molar-refractivity contribution < 1.29 is 14.7 Å². The highest BCUT2D eigenvalue weighted by atomic mass is 32.1. The Hall–Kier alpha value is -3.25. The number of rotatable bonds is 3. The molecule has 2 aromatic carbocycles. The summed E-state index contributed by atoms with van der Waals surface area (Å²) in [6.45, 7) is 12.2. The van der Waals surface area contributed by atoms with Gasteiger partial charge in [0.2, 0.25) is 0 Å². The number of carbonyl (C=O) groups is 2. The van der Waals surface area contributed by atoms with Crippen molar-refractivity contribution in [3.8, 4) is 0 Å². The van der Waals surface area contributed by atoms with Gasteiger partial charge in [0.05, 0.1) is 17.3 Å². The fraction of sp³-hybridized carbons (Fsp3) is 0.296. The molecule has 1 N–H and O–H groups in total. The molecule has 1 fully saturated rings. The molecule has 5 nitrogen and oxygen atoms in total. The molecule has 0 aliphatic carbocycles. The fourth-order valence-electron chi connectivity index (χ4n) is 3.94. The van der Waals surface area contributed by atoms with E-state index >= 15 is 0 Å². The number of aliphatic hydroxyl groups excluding tert-OH is 1. The van der Waals surface area contributed by atoms with Crippen LogP contribution in [0.15, 0.2) is 54.1 Å². The smallest absolute Gasteiger partial charge is 0.301 e. The van der Waals surface area contributed by atoms with Crippen LogP contribution in [0.25, 0.3) is 5.76 Å². The monoisotopic (exact) mass is 460 g/mol. The molecule has 6 heteroatoms. The molecular formula is C27H28N2O3S. The van der Waals surface area contributed by atoms with Crippen LogP contribution in [0.2, 0.25) is 0 Å². The van der Waals surface area contributed by atoms with Crippen LogP contribution in [0.1, 0.15) is 59.6 Å². The third-order valence-electron chi connectivity index (χ3n) is 6.09. The highest BCUT2D eigenvalue weighted by molar-refractivity contribution is 7.16. The van der Waals surface area contributed by atoms with Gasteiger partial charge in [0.25, 0.3) is 5.78 Å². The molecule has 1 aliphatic heterocycles. The van der Waals surface area contributed by atoms with Crippen molar-refractivity contribution in [3.05, 3.63) is 86.9 Å². The van der Waals surface area contributed by atoms with Gasteiger partial charge in [0, 0.05) is 10.4 Å². The number of aromatic nitrogens is 1. The molecule has 2 heterocycles. The first-order chi connectivity index (χ1) is 15.5. The van der Waals surface area contributed by atoms with Crippen LogP contribution in [0.4, 0.5) is 5.13 Å². The van der Waals surface area contributed by atoms with Crippen LogP contribution >= 0.6 is 11.3 Å². The first kappa shape index (κ1) is 22.9. The van der Waals surface area contributed by atoms with E-state index in [-0.39, 0.29) is 16.7 Å². The van der Waals surface area contributed by atoms with E-state index in [1.54, 1.807) is 12.1 Å². The summed E-state index contributed by atoms with van der Waals surface area (Å²) in [4.78, 5) is 33.4. The molecule has 1 aliphatic rings. The Kier molecular flexibility index (Phi) is 5.74. The Morgan fingerprint density at radius 2 is 1.58 bits per heavy atom. The number of hydrogen-bond donors (Lipinski definition) is 1.